The van der Waals surface area contributed by atoms with Gasteiger partial charge in [-0.1, -0.05) is 0 Å². The number of anilines is 1. The predicted octanol–water partition coefficient (Wildman–Crippen LogP) is 4.65. The highest BCUT2D eigenvalue weighted by Gasteiger charge is 2.13. The Morgan fingerprint density at radius 3 is 2.48 bits per heavy atom. The van der Waals surface area contributed by atoms with E-state index in [9.17, 15) is 8.78 Å². The van der Waals surface area contributed by atoms with Crippen molar-refractivity contribution >= 4 is 17.0 Å². The van der Waals surface area contributed by atoms with Crippen LogP contribution in [0.3, 0.4) is 0 Å². The van der Waals surface area contributed by atoms with Gasteiger partial charge in [-0.05, 0) is 48.9 Å². The third kappa shape index (κ3) is 2.64. The molecule has 0 aliphatic rings. The van der Waals surface area contributed by atoms with E-state index in [1.165, 1.54) is 30.4 Å². The number of aryl methyl sites for hydroxylation is 1. The van der Waals surface area contributed by atoms with Gasteiger partial charge in [0.2, 0.25) is 0 Å². The van der Waals surface area contributed by atoms with E-state index in [-0.39, 0.29) is 11.1 Å². The van der Waals surface area contributed by atoms with Gasteiger partial charge in [-0.25, -0.2) is 13.8 Å². The maximum atomic E-state index is 14.0. The normalized spacial score (nSPS) is 10.8. The van der Waals surface area contributed by atoms with E-state index < -0.39 is 11.6 Å². The number of nitrogens with zero attached hydrogens (tertiary/aromatic N) is 1. The lowest BCUT2D eigenvalue weighted by Crippen LogP contribution is -1.90. The number of benzene rings is 2. The van der Waals surface area contributed by atoms with Crippen molar-refractivity contribution in [1.82, 2.24) is 4.98 Å². The highest BCUT2D eigenvalue weighted by molar-refractivity contribution is 7.13. The molecule has 3 aromatic rings. The van der Waals surface area contributed by atoms with Crippen LogP contribution in [0.1, 0.15) is 5.56 Å². The molecule has 21 heavy (non-hydrogen) atoms. The molecule has 2 nitrogen and oxygen atoms in total. The number of aromatic nitrogens is 1. The van der Waals surface area contributed by atoms with Crippen molar-refractivity contribution in [3.05, 3.63) is 59.0 Å². The molecular weight excluding hydrogens is 290 g/mol. The second-order valence-corrected chi connectivity index (χ2v) is 5.60. The Labute approximate surface area is 124 Å². The molecule has 0 aliphatic carbocycles. The maximum Gasteiger partial charge on any atom is 0.133 e. The lowest BCUT2D eigenvalue weighted by molar-refractivity contribution is 0.595. The molecular formula is C16H12F2N2S. The number of halogens is 2. The zero-order valence-electron chi connectivity index (χ0n) is 11.2. The monoisotopic (exact) mass is 302 g/mol. The largest absolute Gasteiger partial charge is 0.399 e. The number of thiazole rings is 1. The summed E-state index contributed by atoms with van der Waals surface area (Å²) in [5.41, 5.74) is 8.10. The standard InChI is InChI=1S/C16H12F2N2S/c1-9-6-14(18)12(7-13(9)17)15-8-21-16(20-15)10-2-4-11(19)5-3-10/h2-8H,19H2,1H3. The average molecular weight is 302 g/mol. The third-order valence-corrected chi connectivity index (χ3v) is 4.08. The summed E-state index contributed by atoms with van der Waals surface area (Å²) in [7, 11) is 0. The first-order valence-electron chi connectivity index (χ1n) is 6.32. The molecule has 2 aromatic carbocycles. The van der Waals surface area contributed by atoms with Gasteiger partial charge in [0.05, 0.1) is 5.69 Å². The third-order valence-electron chi connectivity index (χ3n) is 3.19. The average Bonchev–Trinajstić information content (AvgIpc) is 2.93. The predicted molar refractivity (Wildman–Crippen MR) is 82.1 cm³/mol. The van der Waals surface area contributed by atoms with Crippen LogP contribution in [-0.2, 0) is 0 Å². The molecule has 0 aliphatic heterocycles. The van der Waals surface area contributed by atoms with Gasteiger partial charge in [-0.3, -0.25) is 0 Å². The zero-order valence-corrected chi connectivity index (χ0v) is 12.0. The van der Waals surface area contributed by atoms with E-state index in [1.807, 2.05) is 12.1 Å². The van der Waals surface area contributed by atoms with Crippen LogP contribution in [0.25, 0.3) is 21.8 Å². The number of nitrogens with two attached hydrogens (primary N) is 1. The Kier molecular flexibility index (Phi) is 3.43. The van der Waals surface area contributed by atoms with E-state index in [4.69, 9.17) is 5.73 Å². The first-order chi connectivity index (χ1) is 10.0. The van der Waals surface area contributed by atoms with Crippen molar-refractivity contribution in [3.63, 3.8) is 0 Å². The molecule has 0 bridgehead atoms. The Bertz CT molecular complexity index is 795. The molecule has 0 amide bonds. The number of hydrogen-bond acceptors (Lipinski definition) is 3. The topological polar surface area (TPSA) is 38.9 Å². The quantitative estimate of drug-likeness (QED) is 0.700. The molecule has 2 N–H and O–H groups in total. The molecule has 0 saturated heterocycles. The van der Waals surface area contributed by atoms with Gasteiger partial charge in [-0.2, -0.15) is 0 Å². The summed E-state index contributed by atoms with van der Waals surface area (Å²) in [4.78, 5) is 4.38. The maximum absolute atomic E-state index is 14.0. The van der Waals surface area contributed by atoms with Gasteiger partial charge in [-0.15, -0.1) is 11.3 Å². The van der Waals surface area contributed by atoms with Crippen molar-refractivity contribution in [2.45, 2.75) is 6.92 Å². The Balaban J connectivity index is 2.02. The molecule has 0 spiro atoms. The minimum Gasteiger partial charge on any atom is -0.399 e. The van der Waals surface area contributed by atoms with E-state index in [2.05, 4.69) is 4.98 Å². The highest BCUT2D eigenvalue weighted by Crippen LogP contribution is 2.31. The highest BCUT2D eigenvalue weighted by atomic mass is 32.1. The van der Waals surface area contributed by atoms with Crippen LogP contribution < -0.4 is 5.73 Å². The summed E-state index contributed by atoms with van der Waals surface area (Å²) in [5, 5.41) is 2.46. The van der Waals surface area contributed by atoms with Crippen LogP contribution in [0, 0.1) is 18.6 Å². The second kappa shape index (κ2) is 5.26. The summed E-state index contributed by atoms with van der Waals surface area (Å²) >= 11 is 1.38. The molecule has 1 heterocycles. The van der Waals surface area contributed by atoms with Crippen LogP contribution >= 0.6 is 11.3 Å². The van der Waals surface area contributed by atoms with Gasteiger partial charge < -0.3 is 5.73 Å². The van der Waals surface area contributed by atoms with Crippen LogP contribution in [0.2, 0.25) is 0 Å². The van der Waals surface area contributed by atoms with Crippen molar-refractivity contribution in [2.75, 3.05) is 5.73 Å². The minimum absolute atomic E-state index is 0.177. The fourth-order valence-corrected chi connectivity index (χ4v) is 2.82. The molecule has 106 valence electrons. The van der Waals surface area contributed by atoms with E-state index in [1.54, 1.807) is 17.5 Å². The van der Waals surface area contributed by atoms with Gasteiger partial charge in [0, 0.05) is 22.2 Å². The van der Waals surface area contributed by atoms with Crippen molar-refractivity contribution in [3.8, 4) is 21.8 Å². The molecule has 3 rings (SSSR count). The fourth-order valence-electron chi connectivity index (χ4n) is 2.00. The van der Waals surface area contributed by atoms with Crippen molar-refractivity contribution in [2.24, 2.45) is 0 Å². The Morgan fingerprint density at radius 2 is 1.76 bits per heavy atom. The SMILES string of the molecule is Cc1cc(F)c(-c2csc(-c3ccc(N)cc3)n2)cc1F. The van der Waals surface area contributed by atoms with E-state index in [0.717, 1.165) is 10.6 Å². The van der Waals surface area contributed by atoms with Crippen LogP contribution in [0.5, 0.6) is 0 Å². The lowest BCUT2D eigenvalue weighted by Gasteiger charge is -2.02. The van der Waals surface area contributed by atoms with Gasteiger partial charge in [0.1, 0.15) is 16.6 Å². The van der Waals surface area contributed by atoms with Crippen molar-refractivity contribution < 1.29 is 8.78 Å². The number of hydrogen-bond donors (Lipinski definition) is 1. The zero-order chi connectivity index (χ0) is 15.0. The summed E-state index contributed by atoms with van der Waals surface area (Å²) in [5.74, 6) is -0.906. The van der Waals surface area contributed by atoms with Gasteiger partial charge in [0.25, 0.3) is 0 Å². The molecule has 1 aromatic heterocycles. The first kappa shape index (κ1) is 13.7. The van der Waals surface area contributed by atoms with Crippen molar-refractivity contribution in [1.29, 1.82) is 0 Å². The van der Waals surface area contributed by atoms with Crippen LogP contribution in [0.15, 0.2) is 41.8 Å². The van der Waals surface area contributed by atoms with Gasteiger partial charge >= 0.3 is 0 Å². The summed E-state index contributed by atoms with van der Waals surface area (Å²) < 4.78 is 27.6. The molecule has 0 radical (unpaired) electrons. The molecule has 0 saturated carbocycles. The second-order valence-electron chi connectivity index (χ2n) is 4.74. The molecule has 0 unspecified atom stereocenters. The number of nitrogen functional groups attached to an aromatic ring is 1. The minimum atomic E-state index is -0.469. The molecule has 5 heteroatoms. The van der Waals surface area contributed by atoms with Crippen LogP contribution in [-0.4, -0.2) is 4.98 Å². The van der Waals surface area contributed by atoms with Crippen LogP contribution in [0.4, 0.5) is 14.5 Å². The smallest absolute Gasteiger partial charge is 0.133 e. The first-order valence-corrected chi connectivity index (χ1v) is 7.20. The van der Waals surface area contributed by atoms with E-state index >= 15 is 0 Å². The lowest BCUT2D eigenvalue weighted by atomic mass is 10.1. The molecule has 0 fully saturated rings. The summed E-state index contributed by atoms with van der Waals surface area (Å²) in [6, 6.07) is 9.64. The van der Waals surface area contributed by atoms with E-state index in [0.29, 0.717) is 11.4 Å². The Morgan fingerprint density at radius 1 is 1.05 bits per heavy atom. The summed E-state index contributed by atoms with van der Waals surface area (Å²) in [6.45, 7) is 1.53. The molecule has 0 atom stereocenters. The fraction of sp³-hybridized carbons (Fsp3) is 0.0625. The van der Waals surface area contributed by atoms with Gasteiger partial charge in [0.15, 0.2) is 0 Å². The summed E-state index contributed by atoms with van der Waals surface area (Å²) in [6.07, 6.45) is 0. The number of rotatable bonds is 2. The Hall–Kier alpha value is -2.27.